The number of oxazole rings is 1. The van der Waals surface area contributed by atoms with E-state index in [0.29, 0.717) is 6.54 Å². The maximum absolute atomic E-state index is 13.8. The summed E-state index contributed by atoms with van der Waals surface area (Å²) in [5.74, 6) is -1.98. The van der Waals surface area contributed by atoms with E-state index >= 15 is 0 Å². The first-order chi connectivity index (χ1) is 11.6. The van der Waals surface area contributed by atoms with Gasteiger partial charge in [-0.3, -0.25) is 4.79 Å². The topological polar surface area (TPSA) is 49.6 Å². The molecule has 0 saturated carbocycles. The Hall–Kier alpha value is -2.28. The Morgan fingerprint density at radius 3 is 2.54 bits per heavy atom. The number of amides is 1. The van der Waals surface area contributed by atoms with Gasteiger partial charge in [-0.25, -0.2) is 13.8 Å². The number of fused-ring (bicyclic) bond motifs is 4. The molecule has 4 heterocycles. The van der Waals surface area contributed by atoms with E-state index in [4.69, 9.17) is 4.42 Å². The molecule has 0 radical (unpaired) electrons. The summed E-state index contributed by atoms with van der Waals surface area (Å²) in [5.41, 5.74) is -0.257. The summed E-state index contributed by atoms with van der Waals surface area (Å²) in [6.07, 6.45) is 3.07. The third-order valence-electron chi connectivity index (χ3n) is 4.82. The molecule has 126 valence electrons. The molecule has 3 aliphatic rings. The Kier molecular flexibility index (Phi) is 3.80. The van der Waals surface area contributed by atoms with Crippen molar-refractivity contribution in [1.82, 2.24) is 14.8 Å². The summed E-state index contributed by atoms with van der Waals surface area (Å²) in [4.78, 5) is 20.9. The van der Waals surface area contributed by atoms with E-state index in [0.717, 1.165) is 44.6 Å². The summed E-state index contributed by atoms with van der Waals surface area (Å²) in [6, 6.07) is 3.73. The molecule has 0 aliphatic carbocycles. The van der Waals surface area contributed by atoms with Crippen LogP contribution in [0.25, 0.3) is 11.5 Å². The molecule has 0 spiro atoms. The quantitative estimate of drug-likeness (QED) is 0.847. The summed E-state index contributed by atoms with van der Waals surface area (Å²) in [7, 11) is 0. The van der Waals surface area contributed by atoms with Crippen molar-refractivity contribution < 1.29 is 18.0 Å². The van der Waals surface area contributed by atoms with Gasteiger partial charge in [0.15, 0.2) is 5.69 Å². The van der Waals surface area contributed by atoms with Gasteiger partial charge in [0.25, 0.3) is 5.91 Å². The third-order valence-corrected chi connectivity index (χ3v) is 4.82. The minimum atomic E-state index is -0.767. The Bertz CT molecular complexity index is 749. The van der Waals surface area contributed by atoms with Crippen LogP contribution >= 0.6 is 0 Å². The SMILES string of the molecule is O=C(c1coc(-c2c(F)cccc2F)n1)N1CCN2CCC1CC2. The molecule has 2 aromatic rings. The Morgan fingerprint density at radius 1 is 1.12 bits per heavy atom. The van der Waals surface area contributed by atoms with Crippen LogP contribution in [0.4, 0.5) is 8.78 Å². The lowest BCUT2D eigenvalue weighted by atomic mass is 10.1. The van der Waals surface area contributed by atoms with Crippen LogP contribution in [0.1, 0.15) is 23.3 Å². The minimum absolute atomic E-state index is 0.0907. The van der Waals surface area contributed by atoms with Crippen molar-refractivity contribution in [1.29, 1.82) is 0 Å². The zero-order valence-corrected chi connectivity index (χ0v) is 13.0. The molecule has 1 aromatic heterocycles. The normalized spacial score (nSPS) is 23.3. The highest BCUT2D eigenvalue weighted by atomic mass is 19.1. The van der Waals surface area contributed by atoms with E-state index in [-0.39, 0.29) is 29.1 Å². The molecular formula is C17H17F2N3O2. The average Bonchev–Trinajstić information content (AvgIpc) is 2.86. The van der Waals surface area contributed by atoms with Crippen molar-refractivity contribution in [2.45, 2.75) is 18.9 Å². The van der Waals surface area contributed by atoms with Gasteiger partial charge in [0.2, 0.25) is 5.89 Å². The summed E-state index contributed by atoms with van der Waals surface area (Å²) >= 11 is 0. The smallest absolute Gasteiger partial charge is 0.276 e. The van der Waals surface area contributed by atoms with E-state index < -0.39 is 11.6 Å². The number of halogens is 2. The van der Waals surface area contributed by atoms with Gasteiger partial charge in [-0.2, -0.15) is 0 Å². The molecule has 0 atom stereocenters. The highest BCUT2D eigenvalue weighted by Gasteiger charge is 2.33. The van der Waals surface area contributed by atoms with Crippen LogP contribution < -0.4 is 0 Å². The molecule has 1 amide bonds. The molecule has 3 aliphatic heterocycles. The lowest BCUT2D eigenvalue weighted by Gasteiger charge is -2.30. The Balaban J connectivity index is 1.62. The van der Waals surface area contributed by atoms with Crippen LogP contribution in [0.5, 0.6) is 0 Å². The minimum Gasteiger partial charge on any atom is -0.443 e. The molecule has 0 N–H and O–H groups in total. The second-order valence-corrected chi connectivity index (χ2v) is 6.21. The van der Waals surface area contributed by atoms with Gasteiger partial charge >= 0.3 is 0 Å². The number of aromatic nitrogens is 1. The van der Waals surface area contributed by atoms with Crippen molar-refractivity contribution in [3.8, 4) is 11.5 Å². The second-order valence-electron chi connectivity index (χ2n) is 6.21. The monoisotopic (exact) mass is 333 g/mol. The van der Waals surface area contributed by atoms with Crippen LogP contribution in [0, 0.1) is 11.6 Å². The van der Waals surface area contributed by atoms with E-state index in [1.807, 2.05) is 4.90 Å². The first kappa shape index (κ1) is 15.3. The van der Waals surface area contributed by atoms with Gasteiger partial charge in [-0.1, -0.05) is 6.07 Å². The number of benzene rings is 1. The van der Waals surface area contributed by atoms with Gasteiger partial charge in [0, 0.05) is 32.2 Å². The number of hydrogen-bond donors (Lipinski definition) is 0. The fraction of sp³-hybridized carbons (Fsp3) is 0.412. The molecule has 5 rings (SSSR count). The third kappa shape index (κ3) is 2.58. The molecule has 24 heavy (non-hydrogen) atoms. The molecular weight excluding hydrogens is 316 g/mol. The van der Waals surface area contributed by atoms with Gasteiger partial charge in [-0.05, 0) is 25.0 Å². The summed E-state index contributed by atoms with van der Waals surface area (Å²) in [5, 5.41) is 0. The number of carbonyl (C=O) groups is 1. The highest BCUT2D eigenvalue weighted by molar-refractivity contribution is 5.92. The van der Waals surface area contributed by atoms with Crippen LogP contribution in [-0.4, -0.2) is 52.9 Å². The number of piperidine rings is 1. The van der Waals surface area contributed by atoms with Gasteiger partial charge in [-0.15, -0.1) is 0 Å². The maximum atomic E-state index is 13.8. The zero-order valence-electron chi connectivity index (χ0n) is 13.0. The summed E-state index contributed by atoms with van der Waals surface area (Å²) in [6.45, 7) is 3.48. The predicted molar refractivity (Wildman–Crippen MR) is 82.4 cm³/mol. The van der Waals surface area contributed by atoms with Crippen molar-refractivity contribution in [3.05, 3.63) is 41.8 Å². The van der Waals surface area contributed by atoms with Crippen molar-refractivity contribution in [2.24, 2.45) is 0 Å². The molecule has 3 saturated heterocycles. The standard InChI is InChI=1S/C17H17F2N3O2/c18-12-2-1-3-13(19)15(12)16-20-14(10-24-16)17(23)22-9-8-21-6-4-11(22)5-7-21/h1-3,10-11H,4-9H2. The largest absolute Gasteiger partial charge is 0.443 e. The maximum Gasteiger partial charge on any atom is 0.276 e. The molecule has 5 nitrogen and oxygen atoms in total. The van der Waals surface area contributed by atoms with Gasteiger partial charge < -0.3 is 14.2 Å². The van der Waals surface area contributed by atoms with Crippen LogP contribution in [0.3, 0.4) is 0 Å². The fourth-order valence-electron chi connectivity index (χ4n) is 3.49. The van der Waals surface area contributed by atoms with Crippen molar-refractivity contribution in [2.75, 3.05) is 26.2 Å². The van der Waals surface area contributed by atoms with E-state index in [1.165, 1.54) is 12.3 Å². The number of carbonyl (C=O) groups excluding carboxylic acids is 1. The first-order valence-corrected chi connectivity index (χ1v) is 8.07. The summed E-state index contributed by atoms with van der Waals surface area (Å²) < 4.78 is 32.9. The highest BCUT2D eigenvalue weighted by Crippen LogP contribution is 2.27. The van der Waals surface area contributed by atoms with Crippen LogP contribution in [0.2, 0.25) is 0 Å². The number of hydrogen-bond acceptors (Lipinski definition) is 4. The second kappa shape index (κ2) is 5.98. The lowest BCUT2D eigenvalue weighted by Crippen LogP contribution is -2.41. The first-order valence-electron chi connectivity index (χ1n) is 8.07. The van der Waals surface area contributed by atoms with E-state index in [2.05, 4.69) is 9.88 Å². The Labute approximate surface area is 137 Å². The molecule has 2 bridgehead atoms. The van der Waals surface area contributed by atoms with Crippen LogP contribution in [0.15, 0.2) is 28.9 Å². The predicted octanol–water partition coefficient (Wildman–Crippen LogP) is 2.54. The molecule has 0 unspecified atom stereocenters. The zero-order chi connectivity index (χ0) is 16.7. The van der Waals surface area contributed by atoms with Crippen molar-refractivity contribution >= 4 is 5.91 Å². The van der Waals surface area contributed by atoms with Crippen molar-refractivity contribution in [3.63, 3.8) is 0 Å². The van der Waals surface area contributed by atoms with Gasteiger partial charge in [0.1, 0.15) is 23.5 Å². The molecule has 7 heteroatoms. The van der Waals surface area contributed by atoms with E-state index in [1.54, 1.807) is 0 Å². The van der Waals surface area contributed by atoms with Crippen LogP contribution in [-0.2, 0) is 0 Å². The number of nitrogens with zero attached hydrogens (tertiary/aromatic N) is 3. The Morgan fingerprint density at radius 2 is 1.83 bits per heavy atom. The average molecular weight is 333 g/mol. The van der Waals surface area contributed by atoms with E-state index in [9.17, 15) is 13.6 Å². The number of rotatable bonds is 2. The molecule has 1 aromatic carbocycles. The molecule has 3 fully saturated rings. The lowest BCUT2D eigenvalue weighted by molar-refractivity contribution is 0.0679. The van der Waals surface area contributed by atoms with Gasteiger partial charge in [0.05, 0.1) is 0 Å². The fourth-order valence-corrected chi connectivity index (χ4v) is 3.49.